The summed E-state index contributed by atoms with van der Waals surface area (Å²) in [4.78, 5) is 0. The summed E-state index contributed by atoms with van der Waals surface area (Å²) in [6.07, 6.45) is 9.57. The number of nitrogens with zero attached hydrogens (tertiary/aromatic N) is 1. The molecule has 0 fully saturated rings. The number of unbranched alkanes of at least 4 members (excludes halogenated alkanes) is 2. The number of aromatic nitrogens is 1. The second kappa shape index (κ2) is 5.79. The molecule has 0 aliphatic carbocycles. The van der Waals surface area contributed by atoms with Crippen molar-refractivity contribution in [3.63, 3.8) is 0 Å². The minimum atomic E-state index is 0.569. The van der Waals surface area contributed by atoms with Crippen molar-refractivity contribution in [1.29, 1.82) is 0 Å². The van der Waals surface area contributed by atoms with Crippen LogP contribution in [0.5, 0.6) is 0 Å². The zero-order valence-electron chi connectivity index (χ0n) is 9.66. The Hall–Kier alpha value is -0.850. The van der Waals surface area contributed by atoms with Gasteiger partial charge in [-0.25, -0.2) is 4.57 Å². The van der Waals surface area contributed by atoms with Gasteiger partial charge in [-0.3, -0.25) is 0 Å². The molecule has 0 saturated heterocycles. The van der Waals surface area contributed by atoms with Gasteiger partial charge in [0.25, 0.3) is 0 Å². The van der Waals surface area contributed by atoms with Crippen molar-refractivity contribution < 1.29 is 4.57 Å². The summed E-state index contributed by atoms with van der Waals surface area (Å²) in [5.41, 5.74) is 1.47. The van der Waals surface area contributed by atoms with Gasteiger partial charge in [0, 0.05) is 12.1 Å². The first kappa shape index (κ1) is 11.2. The van der Waals surface area contributed by atoms with Gasteiger partial charge in [-0.15, -0.1) is 0 Å². The van der Waals surface area contributed by atoms with E-state index in [9.17, 15) is 0 Å². The Balaban J connectivity index is 2.47. The molecule has 0 atom stereocenters. The normalized spacial score (nSPS) is 10.9. The summed E-state index contributed by atoms with van der Waals surface area (Å²) in [5.74, 6) is 0. The van der Waals surface area contributed by atoms with Crippen molar-refractivity contribution in [2.24, 2.45) is 0 Å². The Morgan fingerprint density at radius 1 is 1.14 bits per heavy atom. The van der Waals surface area contributed by atoms with Crippen molar-refractivity contribution in [2.75, 3.05) is 0 Å². The van der Waals surface area contributed by atoms with Crippen molar-refractivity contribution >= 4 is 0 Å². The van der Waals surface area contributed by atoms with Gasteiger partial charge < -0.3 is 0 Å². The fourth-order valence-electron chi connectivity index (χ4n) is 1.56. The molecule has 0 aliphatic heterocycles. The zero-order chi connectivity index (χ0) is 10.4. The van der Waals surface area contributed by atoms with Gasteiger partial charge in [0.2, 0.25) is 0 Å². The summed E-state index contributed by atoms with van der Waals surface area (Å²) in [6.45, 7) is 6.66. The van der Waals surface area contributed by atoms with Crippen LogP contribution in [0.25, 0.3) is 0 Å². The Labute approximate surface area is 87.8 Å². The molecule has 1 nitrogen and oxygen atoms in total. The molecular formula is C13H22N+. The number of hydrogen-bond acceptors (Lipinski definition) is 0. The molecule has 0 N–H and O–H groups in total. The van der Waals surface area contributed by atoms with E-state index in [1.54, 1.807) is 0 Å². The zero-order valence-corrected chi connectivity index (χ0v) is 9.66. The highest BCUT2D eigenvalue weighted by molar-refractivity contribution is 5.07. The summed E-state index contributed by atoms with van der Waals surface area (Å²) in [7, 11) is 0. The lowest BCUT2D eigenvalue weighted by atomic mass is 10.1. The van der Waals surface area contributed by atoms with E-state index in [1.165, 1.54) is 31.2 Å². The van der Waals surface area contributed by atoms with Crippen molar-refractivity contribution in [2.45, 2.75) is 52.5 Å². The van der Waals surface area contributed by atoms with E-state index in [0.29, 0.717) is 6.04 Å². The third-order valence-electron chi connectivity index (χ3n) is 2.59. The third-order valence-corrected chi connectivity index (χ3v) is 2.59. The molecule has 1 aromatic heterocycles. The third kappa shape index (κ3) is 3.49. The molecule has 1 heteroatoms. The predicted molar refractivity (Wildman–Crippen MR) is 60.3 cm³/mol. The van der Waals surface area contributed by atoms with Gasteiger partial charge in [-0.2, -0.15) is 0 Å². The number of hydrogen-bond donors (Lipinski definition) is 0. The Bertz CT molecular complexity index is 248. The molecular weight excluding hydrogens is 170 g/mol. The van der Waals surface area contributed by atoms with Crippen molar-refractivity contribution in [3.05, 3.63) is 30.1 Å². The van der Waals surface area contributed by atoms with E-state index in [0.717, 1.165) is 0 Å². The largest absolute Gasteiger partial charge is 0.203 e. The van der Waals surface area contributed by atoms with E-state index in [2.05, 4.69) is 49.9 Å². The lowest BCUT2D eigenvalue weighted by Crippen LogP contribution is -2.34. The first-order valence-corrected chi connectivity index (χ1v) is 5.73. The van der Waals surface area contributed by atoms with E-state index < -0.39 is 0 Å². The van der Waals surface area contributed by atoms with E-state index in [4.69, 9.17) is 0 Å². The van der Waals surface area contributed by atoms with Crippen LogP contribution in [-0.4, -0.2) is 0 Å². The summed E-state index contributed by atoms with van der Waals surface area (Å²) >= 11 is 0. The maximum atomic E-state index is 2.25. The lowest BCUT2D eigenvalue weighted by molar-refractivity contribution is -0.716. The fourth-order valence-corrected chi connectivity index (χ4v) is 1.56. The molecule has 78 valence electrons. The fraction of sp³-hybridized carbons (Fsp3) is 0.615. The highest BCUT2D eigenvalue weighted by Gasteiger charge is 2.04. The minimum absolute atomic E-state index is 0.569. The molecule has 0 amide bonds. The number of aryl methyl sites for hydroxylation is 1. The van der Waals surface area contributed by atoms with E-state index in [1.807, 2.05) is 0 Å². The standard InChI is InChI=1S/C13H22N/c1-4-5-6-7-13-8-10-14(11-9-13)12(2)3/h8-12H,4-7H2,1-3H3/q+1. The molecule has 0 spiro atoms. The van der Waals surface area contributed by atoms with Gasteiger partial charge >= 0.3 is 0 Å². The molecule has 0 radical (unpaired) electrons. The Morgan fingerprint density at radius 2 is 1.79 bits per heavy atom. The van der Waals surface area contributed by atoms with Crippen LogP contribution in [-0.2, 0) is 6.42 Å². The van der Waals surface area contributed by atoms with Crippen LogP contribution in [0.4, 0.5) is 0 Å². The monoisotopic (exact) mass is 192 g/mol. The summed E-state index contributed by atoms with van der Waals surface area (Å²) in [6, 6.07) is 5.06. The minimum Gasteiger partial charge on any atom is -0.203 e. The summed E-state index contributed by atoms with van der Waals surface area (Å²) in [5, 5.41) is 0. The second-order valence-corrected chi connectivity index (χ2v) is 4.20. The quantitative estimate of drug-likeness (QED) is 0.498. The van der Waals surface area contributed by atoms with Gasteiger partial charge in [-0.05, 0) is 32.3 Å². The maximum absolute atomic E-state index is 2.25. The maximum Gasteiger partial charge on any atom is 0.169 e. The highest BCUT2D eigenvalue weighted by Crippen LogP contribution is 2.04. The first-order valence-electron chi connectivity index (χ1n) is 5.73. The SMILES string of the molecule is CCCCCc1cc[n+](C(C)C)cc1. The molecule has 1 heterocycles. The molecule has 1 rings (SSSR count). The van der Waals surface area contributed by atoms with Crippen molar-refractivity contribution in [3.8, 4) is 0 Å². The molecule has 0 unspecified atom stereocenters. The van der Waals surface area contributed by atoms with Gasteiger partial charge in [-0.1, -0.05) is 19.8 Å². The Morgan fingerprint density at radius 3 is 2.29 bits per heavy atom. The lowest BCUT2D eigenvalue weighted by Gasteiger charge is -2.02. The smallest absolute Gasteiger partial charge is 0.169 e. The van der Waals surface area contributed by atoms with Crippen LogP contribution in [0.3, 0.4) is 0 Å². The number of pyridine rings is 1. The van der Waals surface area contributed by atoms with Crippen LogP contribution < -0.4 is 4.57 Å². The topological polar surface area (TPSA) is 3.88 Å². The van der Waals surface area contributed by atoms with Crippen LogP contribution in [0.2, 0.25) is 0 Å². The first-order chi connectivity index (χ1) is 6.74. The molecule has 14 heavy (non-hydrogen) atoms. The molecule has 0 bridgehead atoms. The van der Waals surface area contributed by atoms with Crippen LogP contribution >= 0.6 is 0 Å². The average molecular weight is 192 g/mol. The van der Waals surface area contributed by atoms with E-state index in [-0.39, 0.29) is 0 Å². The summed E-state index contributed by atoms with van der Waals surface area (Å²) < 4.78 is 2.24. The van der Waals surface area contributed by atoms with Gasteiger partial charge in [0.1, 0.15) is 0 Å². The molecule has 1 aromatic rings. The Kier molecular flexibility index (Phi) is 4.64. The molecule has 0 saturated carbocycles. The van der Waals surface area contributed by atoms with Gasteiger partial charge in [0.15, 0.2) is 18.4 Å². The number of rotatable bonds is 5. The van der Waals surface area contributed by atoms with Gasteiger partial charge in [0.05, 0.1) is 0 Å². The van der Waals surface area contributed by atoms with Crippen molar-refractivity contribution in [1.82, 2.24) is 0 Å². The van der Waals surface area contributed by atoms with Crippen LogP contribution in [0.15, 0.2) is 24.5 Å². The van der Waals surface area contributed by atoms with Crippen LogP contribution in [0.1, 0.15) is 51.6 Å². The van der Waals surface area contributed by atoms with Crippen LogP contribution in [0, 0.1) is 0 Å². The average Bonchev–Trinajstić information content (AvgIpc) is 2.19. The highest BCUT2D eigenvalue weighted by atomic mass is 15.0. The molecule has 0 aliphatic rings. The van der Waals surface area contributed by atoms with E-state index >= 15 is 0 Å². The second-order valence-electron chi connectivity index (χ2n) is 4.20. The predicted octanol–water partition coefficient (Wildman–Crippen LogP) is 3.29. The molecule has 0 aromatic carbocycles.